The number of hydrogen-bond donors (Lipinski definition) is 2. The second-order valence-corrected chi connectivity index (χ2v) is 8.39. The molecular formula is C16H16N2O5S2. The van der Waals surface area contributed by atoms with Crippen molar-refractivity contribution in [2.24, 2.45) is 0 Å². The van der Waals surface area contributed by atoms with E-state index >= 15 is 0 Å². The summed E-state index contributed by atoms with van der Waals surface area (Å²) >= 11 is 1.11. The lowest BCUT2D eigenvalue weighted by molar-refractivity contribution is -0.124. The summed E-state index contributed by atoms with van der Waals surface area (Å²) < 4.78 is 31.8. The van der Waals surface area contributed by atoms with Crippen LogP contribution in [0.25, 0.3) is 0 Å². The minimum atomic E-state index is -3.63. The second-order valence-electron chi connectivity index (χ2n) is 5.53. The van der Waals surface area contributed by atoms with Gasteiger partial charge in [-0.25, -0.2) is 13.2 Å². The molecule has 0 bridgehead atoms. The van der Waals surface area contributed by atoms with Crippen LogP contribution in [0.4, 0.5) is 5.69 Å². The van der Waals surface area contributed by atoms with Crippen LogP contribution in [0.2, 0.25) is 0 Å². The fourth-order valence-corrected chi connectivity index (χ4v) is 4.06. The molecule has 0 atom stereocenters. The highest BCUT2D eigenvalue weighted by Gasteiger charge is 2.23. The number of esters is 1. The molecule has 0 saturated heterocycles. The molecule has 1 saturated carbocycles. The molecule has 1 aromatic carbocycles. The van der Waals surface area contributed by atoms with Crippen molar-refractivity contribution in [3.05, 3.63) is 47.3 Å². The number of sulfonamides is 1. The Morgan fingerprint density at radius 2 is 1.88 bits per heavy atom. The second kappa shape index (κ2) is 7.24. The van der Waals surface area contributed by atoms with E-state index in [1.54, 1.807) is 11.4 Å². The molecule has 1 aliphatic rings. The predicted octanol–water partition coefficient (Wildman–Crippen LogP) is 1.98. The Morgan fingerprint density at radius 3 is 2.48 bits per heavy atom. The van der Waals surface area contributed by atoms with Crippen LogP contribution in [-0.4, -0.2) is 32.9 Å². The molecule has 0 unspecified atom stereocenters. The molecule has 7 nitrogen and oxygen atoms in total. The Kier molecular flexibility index (Phi) is 5.05. The van der Waals surface area contributed by atoms with Gasteiger partial charge in [-0.3, -0.25) is 9.52 Å². The van der Waals surface area contributed by atoms with E-state index < -0.39 is 16.0 Å². The van der Waals surface area contributed by atoms with Gasteiger partial charge in [0.25, 0.3) is 15.9 Å². The van der Waals surface area contributed by atoms with E-state index in [9.17, 15) is 18.0 Å². The van der Waals surface area contributed by atoms with Crippen LogP contribution in [0.1, 0.15) is 23.2 Å². The van der Waals surface area contributed by atoms with E-state index in [0.717, 1.165) is 24.2 Å². The van der Waals surface area contributed by atoms with Crippen molar-refractivity contribution in [2.75, 3.05) is 11.3 Å². The maximum atomic E-state index is 12.1. The molecule has 2 aromatic rings. The number of carbonyl (C=O) groups is 2. The highest BCUT2D eigenvalue weighted by Crippen LogP contribution is 2.21. The van der Waals surface area contributed by atoms with Crippen LogP contribution in [0.15, 0.2) is 46.0 Å². The Labute approximate surface area is 149 Å². The fourth-order valence-electron chi connectivity index (χ4n) is 2.01. The van der Waals surface area contributed by atoms with E-state index in [4.69, 9.17) is 4.74 Å². The molecule has 1 aromatic heterocycles. The zero-order chi connectivity index (χ0) is 17.9. The molecule has 0 aliphatic heterocycles. The van der Waals surface area contributed by atoms with Gasteiger partial charge in [-0.1, -0.05) is 6.07 Å². The molecule has 132 valence electrons. The Hall–Kier alpha value is -2.39. The van der Waals surface area contributed by atoms with Crippen molar-refractivity contribution in [2.45, 2.75) is 23.1 Å². The maximum absolute atomic E-state index is 12.1. The summed E-state index contributed by atoms with van der Waals surface area (Å²) in [4.78, 5) is 23.4. The van der Waals surface area contributed by atoms with E-state index in [1.807, 2.05) is 0 Å². The first-order valence-electron chi connectivity index (χ1n) is 7.57. The van der Waals surface area contributed by atoms with Crippen LogP contribution in [0.5, 0.6) is 0 Å². The Morgan fingerprint density at radius 1 is 1.16 bits per heavy atom. The normalized spacial score (nSPS) is 13.9. The van der Waals surface area contributed by atoms with Crippen molar-refractivity contribution >= 4 is 38.9 Å². The summed E-state index contributed by atoms with van der Waals surface area (Å²) in [5, 5.41) is 4.39. The summed E-state index contributed by atoms with van der Waals surface area (Å²) in [5.41, 5.74) is 0.565. The van der Waals surface area contributed by atoms with E-state index in [1.165, 1.54) is 30.3 Å². The number of benzene rings is 1. The van der Waals surface area contributed by atoms with E-state index in [2.05, 4.69) is 10.0 Å². The third-order valence-corrected chi connectivity index (χ3v) is 6.19. The Balaban J connectivity index is 1.56. The number of nitrogens with one attached hydrogen (secondary N) is 2. The first-order chi connectivity index (χ1) is 11.9. The number of hydrogen-bond acceptors (Lipinski definition) is 6. The number of carbonyl (C=O) groups excluding carboxylic acids is 2. The number of rotatable bonds is 7. The molecule has 0 radical (unpaired) electrons. The Bertz CT molecular complexity index is 856. The van der Waals surface area contributed by atoms with Gasteiger partial charge >= 0.3 is 5.97 Å². The molecule has 1 aliphatic carbocycles. The van der Waals surface area contributed by atoms with Gasteiger partial charge in [-0.15, -0.1) is 11.3 Å². The topological polar surface area (TPSA) is 102 Å². The van der Waals surface area contributed by atoms with E-state index in [-0.39, 0.29) is 28.3 Å². The van der Waals surface area contributed by atoms with Crippen molar-refractivity contribution in [3.63, 3.8) is 0 Å². The summed E-state index contributed by atoms with van der Waals surface area (Å²) in [7, 11) is -3.63. The molecule has 1 heterocycles. The SMILES string of the molecule is O=C(COC(=O)c1ccc(NS(=O)(=O)c2cccs2)cc1)NC1CC1. The van der Waals surface area contributed by atoms with Crippen molar-refractivity contribution in [1.82, 2.24) is 5.32 Å². The number of anilines is 1. The smallest absolute Gasteiger partial charge is 0.338 e. The molecule has 2 N–H and O–H groups in total. The van der Waals surface area contributed by atoms with Crippen molar-refractivity contribution < 1.29 is 22.7 Å². The van der Waals surface area contributed by atoms with Crippen LogP contribution in [0.3, 0.4) is 0 Å². The van der Waals surface area contributed by atoms with Gasteiger partial charge in [-0.05, 0) is 48.6 Å². The van der Waals surface area contributed by atoms with Gasteiger partial charge in [0.15, 0.2) is 6.61 Å². The minimum absolute atomic E-state index is 0.206. The predicted molar refractivity (Wildman–Crippen MR) is 93.0 cm³/mol. The van der Waals surface area contributed by atoms with Crippen LogP contribution in [-0.2, 0) is 19.6 Å². The standard InChI is InChI=1S/C16H16N2O5S2/c19-14(17-12-7-8-12)10-23-16(20)11-3-5-13(6-4-11)18-25(21,22)15-2-1-9-24-15/h1-6,9,12,18H,7-8,10H2,(H,17,19). The van der Waals surface area contributed by atoms with Gasteiger partial charge in [0.2, 0.25) is 0 Å². The zero-order valence-electron chi connectivity index (χ0n) is 13.1. The van der Waals surface area contributed by atoms with Gasteiger partial charge in [-0.2, -0.15) is 0 Å². The molecule has 9 heteroatoms. The average Bonchev–Trinajstić information content (AvgIpc) is 3.20. The summed E-state index contributed by atoms with van der Waals surface area (Å²) in [6.07, 6.45) is 1.92. The number of thiophene rings is 1. The zero-order valence-corrected chi connectivity index (χ0v) is 14.7. The molecular weight excluding hydrogens is 364 g/mol. The molecule has 25 heavy (non-hydrogen) atoms. The van der Waals surface area contributed by atoms with Crippen molar-refractivity contribution in [1.29, 1.82) is 0 Å². The quantitative estimate of drug-likeness (QED) is 0.715. The summed E-state index contributed by atoms with van der Waals surface area (Å²) in [6.45, 7) is -0.331. The summed E-state index contributed by atoms with van der Waals surface area (Å²) in [6, 6.07) is 9.17. The molecule has 3 rings (SSSR count). The minimum Gasteiger partial charge on any atom is -0.452 e. The third kappa shape index (κ3) is 4.80. The monoisotopic (exact) mass is 380 g/mol. The van der Waals surface area contributed by atoms with Crippen LogP contribution >= 0.6 is 11.3 Å². The lowest BCUT2D eigenvalue weighted by atomic mass is 10.2. The first kappa shape index (κ1) is 17.4. The fraction of sp³-hybridized carbons (Fsp3) is 0.250. The van der Waals surface area contributed by atoms with E-state index in [0.29, 0.717) is 5.69 Å². The molecule has 1 amide bonds. The van der Waals surface area contributed by atoms with Crippen molar-refractivity contribution in [3.8, 4) is 0 Å². The molecule has 0 spiro atoms. The molecule has 1 fully saturated rings. The number of amides is 1. The third-order valence-electron chi connectivity index (χ3n) is 3.41. The largest absolute Gasteiger partial charge is 0.452 e. The maximum Gasteiger partial charge on any atom is 0.338 e. The summed E-state index contributed by atoms with van der Waals surface area (Å²) in [5.74, 6) is -0.963. The first-order valence-corrected chi connectivity index (χ1v) is 9.93. The average molecular weight is 380 g/mol. The van der Waals surface area contributed by atoms with Gasteiger partial charge in [0.05, 0.1) is 5.56 Å². The van der Waals surface area contributed by atoms with Crippen LogP contribution < -0.4 is 10.0 Å². The highest BCUT2D eigenvalue weighted by molar-refractivity contribution is 7.94. The van der Waals surface area contributed by atoms with Gasteiger partial charge < -0.3 is 10.1 Å². The lowest BCUT2D eigenvalue weighted by Crippen LogP contribution is -2.30. The number of ether oxygens (including phenoxy) is 1. The lowest BCUT2D eigenvalue weighted by Gasteiger charge is -2.08. The highest BCUT2D eigenvalue weighted by atomic mass is 32.2. The van der Waals surface area contributed by atoms with Gasteiger partial charge in [0, 0.05) is 11.7 Å². The van der Waals surface area contributed by atoms with Crippen LogP contribution in [0, 0.1) is 0 Å². The van der Waals surface area contributed by atoms with Gasteiger partial charge in [0.1, 0.15) is 4.21 Å².